The molecule has 3 heterocycles. The second-order valence-electron chi connectivity index (χ2n) is 8.70. The molecule has 0 saturated carbocycles. The van der Waals surface area contributed by atoms with Crippen LogP contribution < -0.4 is 0 Å². The number of para-hydroxylation sites is 1. The lowest BCUT2D eigenvalue weighted by Gasteiger charge is -2.31. The molecular weight excluding hydrogens is 461 g/mol. The number of piperidine rings is 2. The first-order valence-corrected chi connectivity index (χ1v) is 13.6. The predicted octanol–water partition coefficient (Wildman–Crippen LogP) is 4.63. The molecule has 0 bridgehead atoms. The Bertz CT molecular complexity index is 1240. The number of sulfonamides is 1. The maximum absolute atomic E-state index is 14.5. The standard InChI is InChI=1S/C24H26FN3O3S2/c25-19-9-8-18(16-22(19)33(30,31)28-12-4-1-5-13-28)24(29)27-14-10-17(11-15-27)23-26-20-6-2-3-7-21(20)32-23/h2-3,6-9,16-17H,1,4-5,10-15H2. The Labute approximate surface area is 197 Å². The zero-order valence-corrected chi connectivity index (χ0v) is 19.9. The quantitative estimate of drug-likeness (QED) is 0.538. The summed E-state index contributed by atoms with van der Waals surface area (Å²) in [5.41, 5.74) is 1.22. The van der Waals surface area contributed by atoms with Crippen LogP contribution >= 0.6 is 11.3 Å². The van der Waals surface area contributed by atoms with Crippen LogP contribution in [0.15, 0.2) is 47.4 Å². The number of rotatable bonds is 4. The van der Waals surface area contributed by atoms with E-state index in [9.17, 15) is 17.6 Å². The molecule has 0 atom stereocenters. The molecule has 0 spiro atoms. The van der Waals surface area contributed by atoms with Crippen LogP contribution in [-0.2, 0) is 10.0 Å². The van der Waals surface area contributed by atoms with Crippen molar-refractivity contribution in [2.45, 2.75) is 42.9 Å². The monoisotopic (exact) mass is 487 g/mol. The van der Waals surface area contributed by atoms with Crippen molar-refractivity contribution in [3.63, 3.8) is 0 Å². The van der Waals surface area contributed by atoms with E-state index in [2.05, 4.69) is 6.07 Å². The van der Waals surface area contributed by atoms with E-state index in [4.69, 9.17) is 4.98 Å². The maximum atomic E-state index is 14.5. The van der Waals surface area contributed by atoms with Crippen LogP contribution in [0.3, 0.4) is 0 Å². The van der Waals surface area contributed by atoms with E-state index >= 15 is 0 Å². The second-order valence-corrected chi connectivity index (χ2v) is 11.7. The highest BCUT2D eigenvalue weighted by Crippen LogP contribution is 2.34. The lowest BCUT2D eigenvalue weighted by molar-refractivity contribution is 0.0712. The topological polar surface area (TPSA) is 70.6 Å². The number of hydrogen-bond donors (Lipinski definition) is 0. The van der Waals surface area contributed by atoms with Crippen LogP contribution in [0.5, 0.6) is 0 Å². The van der Waals surface area contributed by atoms with Crippen LogP contribution in [0.25, 0.3) is 10.2 Å². The van der Waals surface area contributed by atoms with Crippen molar-refractivity contribution in [1.82, 2.24) is 14.2 Å². The van der Waals surface area contributed by atoms with Crippen LogP contribution in [0.2, 0.25) is 0 Å². The van der Waals surface area contributed by atoms with E-state index in [0.29, 0.717) is 32.1 Å². The number of aromatic nitrogens is 1. The molecule has 0 unspecified atom stereocenters. The van der Waals surface area contributed by atoms with E-state index < -0.39 is 20.7 Å². The summed E-state index contributed by atoms with van der Waals surface area (Å²) >= 11 is 1.70. The normalized spacial score (nSPS) is 18.6. The zero-order chi connectivity index (χ0) is 23.0. The molecule has 2 aliphatic rings. The van der Waals surface area contributed by atoms with Crippen molar-refractivity contribution in [2.75, 3.05) is 26.2 Å². The van der Waals surface area contributed by atoms with E-state index in [1.807, 2.05) is 18.2 Å². The van der Waals surface area contributed by atoms with Gasteiger partial charge in [-0.25, -0.2) is 17.8 Å². The average molecular weight is 488 g/mol. The molecule has 2 saturated heterocycles. The lowest BCUT2D eigenvalue weighted by atomic mass is 9.97. The van der Waals surface area contributed by atoms with Gasteiger partial charge in [-0.1, -0.05) is 18.6 Å². The number of carbonyl (C=O) groups excluding carboxylic acids is 1. The summed E-state index contributed by atoms with van der Waals surface area (Å²) in [6.07, 6.45) is 4.10. The van der Waals surface area contributed by atoms with Gasteiger partial charge in [0.05, 0.1) is 15.2 Å². The van der Waals surface area contributed by atoms with Crippen LogP contribution in [0, 0.1) is 5.82 Å². The molecule has 0 N–H and O–H groups in total. The van der Waals surface area contributed by atoms with Gasteiger partial charge in [0.15, 0.2) is 0 Å². The first kappa shape index (κ1) is 22.4. The van der Waals surface area contributed by atoms with Gasteiger partial charge in [-0.2, -0.15) is 4.31 Å². The molecule has 9 heteroatoms. The molecule has 3 aromatic rings. The molecule has 0 aliphatic carbocycles. The molecule has 174 valence electrons. The van der Waals surface area contributed by atoms with Gasteiger partial charge in [0.25, 0.3) is 5.91 Å². The van der Waals surface area contributed by atoms with Gasteiger partial charge < -0.3 is 4.90 Å². The SMILES string of the molecule is O=C(c1ccc(F)c(S(=O)(=O)N2CCCCC2)c1)N1CCC(c2nc3ccccc3s2)CC1. The molecule has 1 amide bonds. The highest BCUT2D eigenvalue weighted by molar-refractivity contribution is 7.89. The van der Waals surface area contributed by atoms with Gasteiger partial charge in [-0.05, 0) is 56.0 Å². The van der Waals surface area contributed by atoms with Crippen molar-refractivity contribution < 1.29 is 17.6 Å². The van der Waals surface area contributed by atoms with E-state index in [-0.39, 0.29) is 11.5 Å². The summed E-state index contributed by atoms with van der Waals surface area (Å²) in [5.74, 6) is -0.769. The first-order valence-electron chi connectivity index (χ1n) is 11.4. The molecule has 2 aliphatic heterocycles. The number of benzene rings is 2. The Balaban J connectivity index is 1.30. The second kappa shape index (κ2) is 9.12. The fourth-order valence-corrected chi connectivity index (χ4v) is 7.40. The third kappa shape index (κ3) is 4.41. The smallest absolute Gasteiger partial charge is 0.253 e. The van der Waals surface area contributed by atoms with Crippen molar-refractivity contribution in [3.05, 3.63) is 58.9 Å². The van der Waals surface area contributed by atoms with Gasteiger partial charge in [-0.15, -0.1) is 11.3 Å². The fraction of sp³-hybridized carbons (Fsp3) is 0.417. The average Bonchev–Trinajstić information content (AvgIpc) is 3.29. The third-order valence-electron chi connectivity index (χ3n) is 6.55. The Morgan fingerprint density at radius 1 is 1.00 bits per heavy atom. The minimum absolute atomic E-state index is 0.213. The van der Waals surface area contributed by atoms with Crippen molar-refractivity contribution >= 4 is 37.5 Å². The number of thiazole rings is 1. The minimum atomic E-state index is -3.96. The predicted molar refractivity (Wildman–Crippen MR) is 127 cm³/mol. The van der Waals surface area contributed by atoms with Gasteiger partial charge in [0.2, 0.25) is 10.0 Å². The number of likely N-dealkylation sites (tertiary alicyclic amines) is 1. The van der Waals surface area contributed by atoms with E-state index in [1.165, 1.54) is 21.1 Å². The Kier molecular flexibility index (Phi) is 6.20. The molecule has 1 aromatic heterocycles. The van der Waals surface area contributed by atoms with Gasteiger partial charge in [0.1, 0.15) is 10.7 Å². The number of carbonyl (C=O) groups is 1. The minimum Gasteiger partial charge on any atom is -0.339 e. The van der Waals surface area contributed by atoms with E-state index in [1.54, 1.807) is 16.2 Å². The van der Waals surface area contributed by atoms with Crippen LogP contribution in [0.1, 0.15) is 53.4 Å². The summed E-state index contributed by atoms with van der Waals surface area (Å²) in [4.78, 5) is 19.2. The molecule has 33 heavy (non-hydrogen) atoms. The summed E-state index contributed by atoms with van der Waals surface area (Å²) in [6.45, 7) is 1.90. The lowest BCUT2D eigenvalue weighted by Crippen LogP contribution is -2.38. The molecule has 6 nitrogen and oxygen atoms in total. The first-order chi connectivity index (χ1) is 15.9. The maximum Gasteiger partial charge on any atom is 0.253 e. The number of halogens is 1. The molecule has 5 rings (SSSR count). The Morgan fingerprint density at radius 2 is 1.73 bits per heavy atom. The van der Waals surface area contributed by atoms with Crippen LogP contribution in [-0.4, -0.2) is 54.7 Å². The summed E-state index contributed by atoms with van der Waals surface area (Å²) in [7, 11) is -3.96. The number of amides is 1. The van der Waals surface area contributed by atoms with Crippen molar-refractivity contribution in [3.8, 4) is 0 Å². The number of fused-ring (bicyclic) bond motifs is 1. The Morgan fingerprint density at radius 3 is 2.45 bits per heavy atom. The third-order valence-corrected chi connectivity index (χ3v) is 9.67. The van der Waals surface area contributed by atoms with Gasteiger partial charge in [0, 0.05) is 37.7 Å². The molecule has 2 fully saturated rings. The highest BCUT2D eigenvalue weighted by atomic mass is 32.2. The molecule has 2 aromatic carbocycles. The largest absolute Gasteiger partial charge is 0.339 e. The number of nitrogens with zero attached hydrogens (tertiary/aromatic N) is 3. The Hall–Kier alpha value is -2.36. The molecule has 0 radical (unpaired) electrons. The number of hydrogen-bond acceptors (Lipinski definition) is 5. The fourth-order valence-electron chi connectivity index (χ4n) is 4.66. The van der Waals surface area contributed by atoms with Gasteiger partial charge in [-0.3, -0.25) is 4.79 Å². The molecular formula is C24H26FN3O3S2. The van der Waals surface area contributed by atoms with Crippen molar-refractivity contribution in [1.29, 1.82) is 0 Å². The summed E-state index contributed by atoms with van der Waals surface area (Å²) in [5, 5.41) is 1.10. The zero-order valence-electron chi connectivity index (χ0n) is 18.2. The van der Waals surface area contributed by atoms with Crippen molar-refractivity contribution in [2.24, 2.45) is 0 Å². The highest BCUT2D eigenvalue weighted by Gasteiger charge is 2.31. The van der Waals surface area contributed by atoms with Crippen LogP contribution in [0.4, 0.5) is 4.39 Å². The van der Waals surface area contributed by atoms with Gasteiger partial charge >= 0.3 is 0 Å². The summed E-state index contributed by atoms with van der Waals surface area (Å²) in [6, 6.07) is 11.8. The summed E-state index contributed by atoms with van der Waals surface area (Å²) < 4.78 is 43.0. The van der Waals surface area contributed by atoms with E-state index in [0.717, 1.165) is 48.7 Å².